The molecule has 1 aromatic carbocycles. The van der Waals surface area contributed by atoms with Gasteiger partial charge in [0.05, 0.1) is 17.7 Å². The van der Waals surface area contributed by atoms with Crippen LogP contribution in [0.25, 0.3) is 0 Å². The lowest BCUT2D eigenvalue weighted by atomic mass is 10.1. The minimum absolute atomic E-state index is 0. The highest BCUT2D eigenvalue weighted by atomic mass is 127. The summed E-state index contributed by atoms with van der Waals surface area (Å²) in [6.07, 6.45) is 0. The van der Waals surface area contributed by atoms with Crippen LogP contribution in [0.1, 0.15) is 21.7 Å². The van der Waals surface area contributed by atoms with Crippen LogP contribution < -0.4 is 11.1 Å². The Hall–Kier alpha value is -1.15. The first kappa shape index (κ1) is 16.9. The van der Waals surface area contributed by atoms with Crippen LogP contribution in [0.2, 0.25) is 0 Å². The van der Waals surface area contributed by atoms with Gasteiger partial charge in [0.1, 0.15) is 0 Å². The third-order valence-corrected chi connectivity index (χ3v) is 3.65. The number of rotatable bonds is 3. The van der Waals surface area contributed by atoms with Crippen LogP contribution in [0.3, 0.4) is 0 Å². The molecule has 20 heavy (non-hydrogen) atoms. The van der Waals surface area contributed by atoms with Crippen molar-refractivity contribution in [1.82, 2.24) is 4.98 Å². The van der Waals surface area contributed by atoms with Gasteiger partial charge in [-0.05, 0) is 44.0 Å². The average Bonchev–Trinajstić information content (AvgIpc) is 2.71. The lowest BCUT2D eigenvalue weighted by molar-refractivity contribution is 1.05. The first-order chi connectivity index (χ1) is 9.04. The van der Waals surface area contributed by atoms with Crippen LogP contribution in [0.5, 0.6) is 0 Å². The smallest absolute Gasteiger partial charge is 0.193 e. The monoisotopic (exact) mass is 402 g/mol. The topological polar surface area (TPSA) is 63.3 Å². The molecule has 0 unspecified atom stereocenters. The van der Waals surface area contributed by atoms with Gasteiger partial charge < -0.3 is 11.1 Å². The van der Waals surface area contributed by atoms with Gasteiger partial charge in [-0.1, -0.05) is 6.07 Å². The molecule has 6 heteroatoms. The zero-order valence-corrected chi connectivity index (χ0v) is 15.0. The zero-order valence-electron chi connectivity index (χ0n) is 11.8. The zero-order chi connectivity index (χ0) is 13.8. The van der Waals surface area contributed by atoms with Crippen molar-refractivity contribution >= 4 is 47.0 Å². The van der Waals surface area contributed by atoms with E-state index in [0.29, 0.717) is 12.5 Å². The van der Waals surface area contributed by atoms with Gasteiger partial charge in [0.25, 0.3) is 0 Å². The van der Waals surface area contributed by atoms with E-state index in [9.17, 15) is 0 Å². The molecular formula is C14H19IN4S. The van der Waals surface area contributed by atoms with E-state index in [4.69, 9.17) is 5.73 Å². The van der Waals surface area contributed by atoms with Gasteiger partial charge in [0.15, 0.2) is 5.96 Å². The normalized spacial score (nSPS) is 11.1. The largest absolute Gasteiger partial charge is 0.370 e. The molecule has 0 atom stereocenters. The molecule has 0 amide bonds. The van der Waals surface area contributed by atoms with Crippen LogP contribution in [-0.4, -0.2) is 10.9 Å². The lowest BCUT2D eigenvalue weighted by Gasteiger charge is -2.07. The van der Waals surface area contributed by atoms with Gasteiger partial charge in [0, 0.05) is 10.6 Å². The highest BCUT2D eigenvalue weighted by Gasteiger charge is 2.01. The summed E-state index contributed by atoms with van der Waals surface area (Å²) in [5.74, 6) is 0.429. The van der Waals surface area contributed by atoms with E-state index in [1.807, 2.05) is 24.6 Å². The van der Waals surface area contributed by atoms with Crippen molar-refractivity contribution < 1.29 is 0 Å². The van der Waals surface area contributed by atoms with E-state index in [2.05, 4.69) is 35.2 Å². The summed E-state index contributed by atoms with van der Waals surface area (Å²) < 4.78 is 0. The van der Waals surface area contributed by atoms with Crippen LogP contribution in [0, 0.1) is 20.8 Å². The Bertz CT molecular complexity index is 587. The molecule has 0 spiro atoms. The number of aliphatic imine (C=N–C) groups is 1. The van der Waals surface area contributed by atoms with Crippen molar-refractivity contribution in [3.05, 3.63) is 45.4 Å². The molecule has 0 saturated carbocycles. The molecule has 0 radical (unpaired) electrons. The molecule has 1 heterocycles. The summed E-state index contributed by atoms with van der Waals surface area (Å²) in [6.45, 7) is 6.67. The molecule has 0 aliphatic heterocycles. The highest BCUT2D eigenvalue weighted by Crippen LogP contribution is 2.15. The highest BCUT2D eigenvalue weighted by molar-refractivity contribution is 14.0. The SMILES string of the molecule is Cc1cc(C)cc(NC(N)=NCc2scnc2C)c1.I. The fourth-order valence-electron chi connectivity index (χ4n) is 1.87. The van der Waals surface area contributed by atoms with Crippen molar-refractivity contribution in [2.75, 3.05) is 5.32 Å². The van der Waals surface area contributed by atoms with Crippen LogP contribution in [0.15, 0.2) is 28.7 Å². The minimum atomic E-state index is 0. The van der Waals surface area contributed by atoms with Crippen molar-refractivity contribution in [2.24, 2.45) is 10.7 Å². The molecule has 2 rings (SSSR count). The van der Waals surface area contributed by atoms with Gasteiger partial charge in [-0.15, -0.1) is 35.3 Å². The van der Waals surface area contributed by atoms with Crippen LogP contribution >= 0.6 is 35.3 Å². The maximum Gasteiger partial charge on any atom is 0.193 e. The number of thiazole rings is 1. The van der Waals surface area contributed by atoms with Crippen molar-refractivity contribution in [2.45, 2.75) is 27.3 Å². The molecule has 0 saturated heterocycles. The number of nitrogens with one attached hydrogen (secondary N) is 1. The number of hydrogen-bond acceptors (Lipinski definition) is 3. The Labute approximate surface area is 140 Å². The van der Waals surface area contributed by atoms with Gasteiger partial charge in [-0.25, -0.2) is 9.98 Å². The molecule has 2 aromatic rings. The number of aromatic nitrogens is 1. The average molecular weight is 402 g/mol. The van der Waals surface area contributed by atoms with Gasteiger partial charge in [-0.2, -0.15) is 0 Å². The van der Waals surface area contributed by atoms with Crippen molar-refractivity contribution in [3.63, 3.8) is 0 Å². The Morgan fingerprint density at radius 1 is 1.25 bits per heavy atom. The Balaban J connectivity index is 0.00000200. The van der Waals surface area contributed by atoms with E-state index in [-0.39, 0.29) is 24.0 Å². The number of benzene rings is 1. The molecule has 3 N–H and O–H groups in total. The molecule has 108 valence electrons. The lowest BCUT2D eigenvalue weighted by Crippen LogP contribution is -2.22. The van der Waals surface area contributed by atoms with Gasteiger partial charge in [-0.3, -0.25) is 0 Å². The van der Waals surface area contributed by atoms with Crippen molar-refractivity contribution in [3.8, 4) is 0 Å². The summed E-state index contributed by atoms with van der Waals surface area (Å²) >= 11 is 1.60. The number of halogens is 1. The number of hydrogen-bond donors (Lipinski definition) is 2. The van der Waals surface area contributed by atoms with E-state index < -0.39 is 0 Å². The molecule has 0 fully saturated rings. The quantitative estimate of drug-likeness (QED) is 0.469. The fourth-order valence-corrected chi connectivity index (χ4v) is 2.57. The van der Waals surface area contributed by atoms with Gasteiger partial charge >= 0.3 is 0 Å². The standard InChI is InChI=1S/C14H18N4S.HI/c1-9-4-10(2)6-12(5-9)18-14(15)16-7-13-11(3)17-8-19-13;/h4-6,8H,7H2,1-3H3,(H3,15,16,18);1H. The minimum Gasteiger partial charge on any atom is -0.370 e. The molecule has 1 aromatic heterocycles. The van der Waals surface area contributed by atoms with Crippen LogP contribution in [-0.2, 0) is 6.54 Å². The Kier molecular flexibility index (Phi) is 6.41. The third kappa shape index (κ3) is 4.75. The second-order valence-electron chi connectivity index (χ2n) is 4.56. The number of nitrogens with two attached hydrogens (primary N) is 1. The maximum atomic E-state index is 5.90. The number of aryl methyl sites for hydroxylation is 3. The van der Waals surface area contributed by atoms with E-state index in [0.717, 1.165) is 16.3 Å². The number of anilines is 1. The molecule has 0 bridgehead atoms. The number of nitrogens with zero attached hydrogens (tertiary/aromatic N) is 2. The van der Waals surface area contributed by atoms with E-state index in [1.54, 1.807) is 11.3 Å². The molecule has 0 aliphatic carbocycles. The van der Waals surface area contributed by atoms with Crippen molar-refractivity contribution in [1.29, 1.82) is 0 Å². The molecule has 4 nitrogen and oxygen atoms in total. The maximum absolute atomic E-state index is 5.90. The molecular weight excluding hydrogens is 383 g/mol. The van der Waals surface area contributed by atoms with Crippen LogP contribution in [0.4, 0.5) is 5.69 Å². The first-order valence-electron chi connectivity index (χ1n) is 6.09. The predicted molar refractivity (Wildman–Crippen MR) is 97.1 cm³/mol. The summed E-state index contributed by atoms with van der Waals surface area (Å²) in [5.41, 5.74) is 12.1. The Morgan fingerprint density at radius 2 is 1.90 bits per heavy atom. The second-order valence-corrected chi connectivity index (χ2v) is 5.50. The third-order valence-electron chi connectivity index (χ3n) is 2.73. The summed E-state index contributed by atoms with van der Waals surface area (Å²) in [5, 5.41) is 3.12. The summed E-state index contributed by atoms with van der Waals surface area (Å²) in [4.78, 5) is 9.67. The van der Waals surface area contributed by atoms with E-state index in [1.165, 1.54) is 11.1 Å². The summed E-state index contributed by atoms with van der Waals surface area (Å²) in [6, 6.07) is 6.22. The summed E-state index contributed by atoms with van der Waals surface area (Å²) in [7, 11) is 0. The number of guanidine groups is 1. The molecule has 0 aliphatic rings. The fraction of sp³-hybridized carbons (Fsp3) is 0.286. The van der Waals surface area contributed by atoms with Gasteiger partial charge in [0.2, 0.25) is 0 Å². The first-order valence-corrected chi connectivity index (χ1v) is 6.97. The Morgan fingerprint density at radius 3 is 2.45 bits per heavy atom. The predicted octanol–water partition coefficient (Wildman–Crippen LogP) is 3.61. The second kappa shape index (κ2) is 7.58. The van der Waals surface area contributed by atoms with E-state index >= 15 is 0 Å².